The highest BCUT2D eigenvalue weighted by Gasteiger charge is 2.01. The lowest BCUT2D eigenvalue weighted by atomic mass is 10.0. The van der Waals surface area contributed by atoms with Gasteiger partial charge in [0.05, 0.1) is 6.10 Å². The summed E-state index contributed by atoms with van der Waals surface area (Å²) in [7, 11) is 0. The zero-order chi connectivity index (χ0) is 11.3. The van der Waals surface area contributed by atoms with Crippen molar-refractivity contribution in [3.8, 4) is 18.1 Å². The molecule has 0 fully saturated rings. The van der Waals surface area contributed by atoms with Crippen LogP contribution in [-0.4, -0.2) is 6.10 Å². The van der Waals surface area contributed by atoms with E-state index in [4.69, 9.17) is 11.2 Å². The molecular weight excluding hydrogens is 184 g/mol. The lowest BCUT2D eigenvalue weighted by Gasteiger charge is -2.10. The van der Waals surface area contributed by atoms with Crippen LogP contribution in [0, 0.1) is 18.3 Å². The van der Waals surface area contributed by atoms with E-state index in [0.717, 1.165) is 12.2 Å². The van der Waals surface area contributed by atoms with Gasteiger partial charge in [-0.25, -0.2) is 0 Å². The Kier molecular flexibility index (Phi) is 4.24. The average Bonchev–Trinajstić information content (AvgIpc) is 2.20. The summed E-state index contributed by atoms with van der Waals surface area (Å²) in [6.45, 7) is 6.10. The Morgan fingerprint density at radius 2 is 1.80 bits per heavy atom. The third-order valence-corrected chi connectivity index (χ3v) is 2.12. The minimum atomic E-state index is 0.223. The zero-order valence-corrected chi connectivity index (χ0v) is 9.66. The molecule has 80 valence electrons. The van der Waals surface area contributed by atoms with Gasteiger partial charge in [-0.1, -0.05) is 19.1 Å². The second-order valence-electron chi connectivity index (χ2n) is 4.08. The average molecular weight is 202 g/mol. The molecule has 0 spiro atoms. The zero-order valence-electron chi connectivity index (χ0n) is 9.66. The lowest BCUT2D eigenvalue weighted by molar-refractivity contribution is 0.242. The van der Waals surface area contributed by atoms with Crippen LogP contribution >= 0.6 is 0 Å². The van der Waals surface area contributed by atoms with Crippen molar-refractivity contribution in [3.63, 3.8) is 0 Å². The highest BCUT2D eigenvalue weighted by molar-refractivity contribution is 5.28. The van der Waals surface area contributed by atoms with E-state index in [-0.39, 0.29) is 6.10 Å². The van der Waals surface area contributed by atoms with Gasteiger partial charge in [-0.15, -0.1) is 12.3 Å². The predicted molar refractivity (Wildman–Crippen MR) is 63.9 cm³/mol. The minimum absolute atomic E-state index is 0.223. The Labute approximate surface area is 92.5 Å². The van der Waals surface area contributed by atoms with Crippen molar-refractivity contribution >= 4 is 0 Å². The van der Waals surface area contributed by atoms with Gasteiger partial charge in [0, 0.05) is 5.92 Å². The number of hydrogen-bond donors (Lipinski definition) is 0. The molecule has 1 rings (SSSR count). The third kappa shape index (κ3) is 4.08. The van der Waals surface area contributed by atoms with Gasteiger partial charge < -0.3 is 4.74 Å². The molecule has 15 heavy (non-hydrogen) atoms. The molecule has 0 radical (unpaired) electrons. The number of ether oxygens (including phenoxy) is 1. The second kappa shape index (κ2) is 5.46. The summed E-state index contributed by atoms with van der Waals surface area (Å²) in [6.07, 6.45) is 6.49. The summed E-state index contributed by atoms with van der Waals surface area (Å²) in [5.74, 6) is 3.94. The van der Waals surface area contributed by atoms with Gasteiger partial charge in [0.25, 0.3) is 0 Å². The Morgan fingerprint density at radius 3 is 2.27 bits per heavy atom. The first-order valence-corrected chi connectivity index (χ1v) is 5.33. The SMILES string of the molecule is C#CC(C)Cc1ccc(OC(C)C)cc1. The molecule has 0 aliphatic carbocycles. The van der Waals surface area contributed by atoms with Crippen LogP contribution in [0.4, 0.5) is 0 Å². The molecule has 1 nitrogen and oxygen atoms in total. The normalized spacial score (nSPS) is 12.2. The summed E-state index contributed by atoms with van der Waals surface area (Å²) in [5, 5.41) is 0. The number of hydrogen-bond acceptors (Lipinski definition) is 1. The first kappa shape index (κ1) is 11.7. The Hall–Kier alpha value is -1.42. The first-order valence-electron chi connectivity index (χ1n) is 5.33. The van der Waals surface area contributed by atoms with Crippen LogP contribution < -0.4 is 4.74 Å². The number of benzene rings is 1. The maximum absolute atomic E-state index is 5.56. The molecule has 1 unspecified atom stereocenters. The number of rotatable bonds is 4. The van der Waals surface area contributed by atoms with Gasteiger partial charge in [-0.05, 0) is 38.0 Å². The van der Waals surface area contributed by atoms with Crippen molar-refractivity contribution in [3.05, 3.63) is 29.8 Å². The van der Waals surface area contributed by atoms with E-state index in [1.807, 2.05) is 26.0 Å². The fraction of sp³-hybridized carbons (Fsp3) is 0.429. The van der Waals surface area contributed by atoms with Crippen molar-refractivity contribution in [2.24, 2.45) is 5.92 Å². The number of terminal acetylenes is 1. The standard InChI is InChI=1S/C14H18O/c1-5-12(4)10-13-6-8-14(9-7-13)15-11(2)3/h1,6-9,11-12H,10H2,2-4H3. The molecule has 0 saturated carbocycles. The topological polar surface area (TPSA) is 9.23 Å². The van der Waals surface area contributed by atoms with Gasteiger partial charge in [-0.2, -0.15) is 0 Å². The molecule has 1 atom stereocenters. The second-order valence-corrected chi connectivity index (χ2v) is 4.08. The highest BCUT2D eigenvalue weighted by atomic mass is 16.5. The quantitative estimate of drug-likeness (QED) is 0.681. The Morgan fingerprint density at radius 1 is 1.20 bits per heavy atom. The van der Waals surface area contributed by atoms with Crippen molar-refractivity contribution < 1.29 is 4.74 Å². The van der Waals surface area contributed by atoms with E-state index in [2.05, 4.69) is 25.0 Å². The molecule has 1 heteroatoms. The van der Waals surface area contributed by atoms with E-state index in [1.54, 1.807) is 0 Å². The molecule has 1 aromatic carbocycles. The van der Waals surface area contributed by atoms with Gasteiger partial charge in [-0.3, -0.25) is 0 Å². The highest BCUT2D eigenvalue weighted by Crippen LogP contribution is 2.15. The van der Waals surface area contributed by atoms with Crippen LogP contribution in [-0.2, 0) is 6.42 Å². The molecule has 0 aliphatic rings. The molecule has 0 amide bonds. The van der Waals surface area contributed by atoms with E-state index >= 15 is 0 Å². The van der Waals surface area contributed by atoms with E-state index in [1.165, 1.54) is 5.56 Å². The van der Waals surface area contributed by atoms with Crippen LogP contribution in [0.3, 0.4) is 0 Å². The van der Waals surface area contributed by atoms with Crippen molar-refractivity contribution in [1.82, 2.24) is 0 Å². The maximum Gasteiger partial charge on any atom is 0.119 e. The molecule has 0 aromatic heterocycles. The largest absolute Gasteiger partial charge is 0.491 e. The van der Waals surface area contributed by atoms with Gasteiger partial charge in [0.15, 0.2) is 0 Å². The molecule has 0 N–H and O–H groups in total. The van der Waals surface area contributed by atoms with Crippen LogP contribution in [0.15, 0.2) is 24.3 Å². The fourth-order valence-corrected chi connectivity index (χ4v) is 1.39. The summed E-state index contributed by atoms with van der Waals surface area (Å²) in [4.78, 5) is 0. The molecule has 0 saturated heterocycles. The smallest absolute Gasteiger partial charge is 0.119 e. The molecule has 0 bridgehead atoms. The van der Waals surface area contributed by atoms with Crippen LogP contribution in [0.25, 0.3) is 0 Å². The third-order valence-electron chi connectivity index (χ3n) is 2.12. The molecule has 1 aromatic rings. The van der Waals surface area contributed by atoms with Gasteiger partial charge in [0.2, 0.25) is 0 Å². The maximum atomic E-state index is 5.56. The van der Waals surface area contributed by atoms with Crippen LogP contribution in [0.2, 0.25) is 0 Å². The Bertz CT molecular complexity index is 329. The molecule has 0 heterocycles. The van der Waals surface area contributed by atoms with E-state index in [0.29, 0.717) is 5.92 Å². The van der Waals surface area contributed by atoms with Crippen molar-refractivity contribution in [2.75, 3.05) is 0 Å². The van der Waals surface area contributed by atoms with Crippen molar-refractivity contribution in [2.45, 2.75) is 33.3 Å². The van der Waals surface area contributed by atoms with E-state index in [9.17, 15) is 0 Å². The lowest BCUT2D eigenvalue weighted by Crippen LogP contribution is -2.05. The summed E-state index contributed by atoms with van der Waals surface area (Å²) < 4.78 is 5.56. The summed E-state index contributed by atoms with van der Waals surface area (Å²) in [5.41, 5.74) is 1.26. The van der Waals surface area contributed by atoms with Crippen LogP contribution in [0.5, 0.6) is 5.75 Å². The van der Waals surface area contributed by atoms with E-state index < -0.39 is 0 Å². The summed E-state index contributed by atoms with van der Waals surface area (Å²) >= 11 is 0. The van der Waals surface area contributed by atoms with Crippen molar-refractivity contribution in [1.29, 1.82) is 0 Å². The first-order chi connectivity index (χ1) is 7.11. The van der Waals surface area contributed by atoms with Gasteiger partial charge in [0.1, 0.15) is 5.75 Å². The predicted octanol–water partition coefficient (Wildman–Crippen LogP) is 3.29. The molecular formula is C14H18O. The fourth-order valence-electron chi connectivity index (χ4n) is 1.39. The monoisotopic (exact) mass is 202 g/mol. The minimum Gasteiger partial charge on any atom is -0.491 e. The van der Waals surface area contributed by atoms with Crippen LogP contribution in [0.1, 0.15) is 26.3 Å². The molecule has 0 aliphatic heterocycles. The summed E-state index contributed by atoms with van der Waals surface area (Å²) in [6, 6.07) is 8.15. The Balaban J connectivity index is 2.61. The van der Waals surface area contributed by atoms with Gasteiger partial charge >= 0.3 is 0 Å².